The number of esters is 1. The van der Waals surface area contributed by atoms with E-state index in [0.717, 1.165) is 22.2 Å². The van der Waals surface area contributed by atoms with E-state index < -0.39 is 29.4 Å². The third-order valence-electron chi connectivity index (χ3n) is 6.07. The van der Waals surface area contributed by atoms with E-state index in [2.05, 4.69) is 10.1 Å². The van der Waals surface area contributed by atoms with Crippen LogP contribution in [0.4, 0.5) is 0 Å². The second-order valence-electron chi connectivity index (χ2n) is 8.44. The predicted molar refractivity (Wildman–Crippen MR) is 141 cm³/mol. The molecule has 1 aromatic heterocycles. The first-order valence-electron chi connectivity index (χ1n) is 11.5. The predicted octanol–water partition coefficient (Wildman–Crippen LogP) is 3.58. The van der Waals surface area contributed by atoms with Crippen molar-refractivity contribution < 1.29 is 23.9 Å². The Morgan fingerprint density at radius 2 is 1.76 bits per heavy atom. The molecule has 2 aliphatic rings. The van der Waals surface area contributed by atoms with Gasteiger partial charge in [0.1, 0.15) is 17.1 Å². The van der Waals surface area contributed by atoms with Gasteiger partial charge < -0.3 is 15.6 Å². The maximum absolute atomic E-state index is 13.6. The van der Waals surface area contributed by atoms with Crippen molar-refractivity contribution in [1.29, 1.82) is 0 Å². The number of nitrogens with zero attached hydrogens (tertiary/aromatic N) is 3. The lowest BCUT2D eigenvalue weighted by molar-refractivity contribution is -0.154. The van der Waals surface area contributed by atoms with Gasteiger partial charge in [0.15, 0.2) is 6.10 Å². The van der Waals surface area contributed by atoms with Gasteiger partial charge in [0.05, 0.1) is 12.0 Å². The number of amides is 2. The Morgan fingerprint density at radius 3 is 2.35 bits per heavy atom. The molecule has 3 heterocycles. The molecule has 0 bridgehead atoms. The molecule has 5 rings (SSSR count). The number of rotatable bonds is 8. The monoisotopic (exact) mass is 530 g/mol. The van der Waals surface area contributed by atoms with Crippen LogP contribution in [0, 0.1) is 0 Å². The van der Waals surface area contributed by atoms with E-state index in [1.165, 1.54) is 28.0 Å². The number of ether oxygens (including phenoxy) is 1. The maximum Gasteiger partial charge on any atom is 0.356 e. The van der Waals surface area contributed by atoms with Crippen LogP contribution in [0.2, 0.25) is 0 Å². The fourth-order valence-electron chi connectivity index (χ4n) is 4.34. The molecule has 3 aromatic rings. The van der Waals surface area contributed by atoms with Crippen LogP contribution in [0.25, 0.3) is 5.53 Å². The summed E-state index contributed by atoms with van der Waals surface area (Å²) in [6.07, 6.45) is 0.623. The lowest BCUT2D eigenvalue weighted by Gasteiger charge is -2.49. The molecule has 0 aliphatic carbocycles. The summed E-state index contributed by atoms with van der Waals surface area (Å²) in [4.78, 5) is 44.6. The molecule has 10 heteroatoms. The molecule has 186 valence electrons. The van der Waals surface area contributed by atoms with Crippen molar-refractivity contribution in [3.8, 4) is 0 Å². The molecule has 8 nitrogen and oxygen atoms in total. The van der Waals surface area contributed by atoms with Gasteiger partial charge in [-0.25, -0.2) is 4.79 Å². The average molecular weight is 531 g/mol. The summed E-state index contributed by atoms with van der Waals surface area (Å²) in [6.45, 7) is 0. The molecule has 2 atom stereocenters. The van der Waals surface area contributed by atoms with Crippen LogP contribution in [-0.4, -0.2) is 50.9 Å². The van der Waals surface area contributed by atoms with Crippen LogP contribution in [0.5, 0.6) is 0 Å². The number of β-lactam (4-membered cyclic amide) rings is 1. The molecule has 2 aliphatic heterocycles. The van der Waals surface area contributed by atoms with Crippen molar-refractivity contribution in [3.63, 3.8) is 0 Å². The Balaban J connectivity index is 1.39. The van der Waals surface area contributed by atoms with Crippen LogP contribution >= 0.6 is 23.1 Å². The number of fused-ring (bicyclic) bond motifs is 1. The zero-order valence-electron chi connectivity index (χ0n) is 19.5. The Bertz CT molecular complexity index is 1350. The quantitative estimate of drug-likeness (QED) is 0.157. The number of hydrogen-bond donors (Lipinski definition) is 1. The molecule has 37 heavy (non-hydrogen) atoms. The SMILES string of the molecule is [N-]=[N+]=CC1=C(C(=O)OC(c2ccccc2)c2ccccc2)N2C(=O)[C@@H](NC(=O)Cc3cccs3)[C@@H]2SC1. The fourth-order valence-corrected chi connectivity index (χ4v) is 6.34. The van der Waals surface area contributed by atoms with Gasteiger partial charge in [-0.15, -0.1) is 23.1 Å². The van der Waals surface area contributed by atoms with E-state index in [0.29, 0.717) is 11.3 Å². The van der Waals surface area contributed by atoms with Gasteiger partial charge in [-0.2, -0.15) is 4.79 Å². The second kappa shape index (κ2) is 11.0. The van der Waals surface area contributed by atoms with Crippen molar-refractivity contribution in [2.75, 3.05) is 5.75 Å². The maximum atomic E-state index is 13.6. The first-order valence-corrected chi connectivity index (χ1v) is 13.5. The second-order valence-corrected chi connectivity index (χ2v) is 10.6. The van der Waals surface area contributed by atoms with E-state index >= 15 is 0 Å². The zero-order chi connectivity index (χ0) is 25.8. The molecule has 0 radical (unpaired) electrons. The Hall–Kier alpha value is -3.98. The third-order valence-corrected chi connectivity index (χ3v) is 8.24. The van der Waals surface area contributed by atoms with Crippen molar-refractivity contribution >= 4 is 47.1 Å². The highest BCUT2D eigenvalue weighted by Gasteiger charge is 2.55. The van der Waals surface area contributed by atoms with Gasteiger partial charge >= 0.3 is 5.97 Å². The van der Waals surface area contributed by atoms with Gasteiger partial charge in [-0.1, -0.05) is 66.7 Å². The van der Waals surface area contributed by atoms with E-state index in [4.69, 9.17) is 4.74 Å². The number of carbonyl (C=O) groups excluding carboxylic acids is 3. The fraction of sp³-hybridized carbons (Fsp3) is 0.185. The van der Waals surface area contributed by atoms with E-state index in [1.54, 1.807) is 0 Å². The molecule has 2 amide bonds. The third kappa shape index (κ3) is 5.13. The van der Waals surface area contributed by atoms with Crippen LogP contribution in [0.15, 0.2) is 89.4 Å². The normalized spacial score (nSPS) is 18.5. The topological polar surface area (TPSA) is 112 Å². The summed E-state index contributed by atoms with van der Waals surface area (Å²) in [5, 5.41) is 4.22. The van der Waals surface area contributed by atoms with Crippen LogP contribution < -0.4 is 5.32 Å². The van der Waals surface area contributed by atoms with Crippen molar-refractivity contribution in [1.82, 2.24) is 10.2 Å². The minimum atomic E-state index is -0.757. The van der Waals surface area contributed by atoms with Gasteiger partial charge in [-0.3, -0.25) is 14.5 Å². The minimum absolute atomic E-state index is 0.0205. The molecule has 0 spiro atoms. The van der Waals surface area contributed by atoms with Crippen molar-refractivity contribution in [2.45, 2.75) is 23.9 Å². The summed E-state index contributed by atoms with van der Waals surface area (Å²) in [6, 6.07) is 21.6. The number of nitrogens with one attached hydrogen (secondary N) is 1. The summed E-state index contributed by atoms with van der Waals surface area (Å²) < 4.78 is 6.00. The molecule has 1 saturated heterocycles. The Kier molecular flexibility index (Phi) is 7.32. The average Bonchev–Trinajstić information content (AvgIpc) is 3.44. The number of thioether (sulfide) groups is 1. The number of hydrogen-bond acceptors (Lipinski definition) is 6. The molecular weight excluding hydrogens is 508 g/mol. The summed E-state index contributed by atoms with van der Waals surface area (Å²) >= 11 is 2.85. The first kappa shape index (κ1) is 24.7. The van der Waals surface area contributed by atoms with Crippen molar-refractivity contribution in [3.05, 3.63) is 111 Å². The van der Waals surface area contributed by atoms with Crippen molar-refractivity contribution in [2.24, 2.45) is 0 Å². The number of thiophene rings is 1. The summed E-state index contributed by atoms with van der Waals surface area (Å²) in [5.41, 5.74) is 11.1. The van der Waals surface area contributed by atoms with Gasteiger partial charge in [0.25, 0.3) is 12.1 Å². The lowest BCUT2D eigenvalue weighted by atomic mass is 10.0. The Morgan fingerprint density at radius 1 is 1.08 bits per heavy atom. The van der Waals surface area contributed by atoms with Crippen LogP contribution in [0.3, 0.4) is 0 Å². The van der Waals surface area contributed by atoms with Gasteiger partial charge in [0.2, 0.25) is 5.91 Å². The lowest BCUT2D eigenvalue weighted by Crippen LogP contribution is -2.70. The Labute approximate surface area is 221 Å². The smallest absolute Gasteiger partial charge is 0.356 e. The minimum Gasteiger partial charge on any atom is -0.448 e. The standard InChI is InChI=1S/C27H22N4O4S2/c28-29-15-19-16-37-26-22(30-21(32)14-20-12-7-13-36-20)25(33)31(26)23(19)27(34)35-24(17-8-3-1-4-9-17)18-10-5-2-6-11-18/h1-13,15,22,24,26H,14,16H2,(H,30,32)/t22-,26+/m1/s1. The highest BCUT2D eigenvalue weighted by atomic mass is 32.2. The van der Waals surface area contributed by atoms with Crippen LogP contribution in [0.1, 0.15) is 22.1 Å². The van der Waals surface area contributed by atoms with E-state index in [1.807, 2.05) is 78.2 Å². The first-order chi connectivity index (χ1) is 18.1. The molecule has 0 unspecified atom stereocenters. The number of benzene rings is 2. The zero-order valence-corrected chi connectivity index (χ0v) is 21.2. The molecule has 2 aromatic carbocycles. The summed E-state index contributed by atoms with van der Waals surface area (Å²) in [5.74, 6) is -1.08. The summed E-state index contributed by atoms with van der Waals surface area (Å²) in [7, 11) is 0. The molecule has 1 N–H and O–H groups in total. The molecular formula is C27H22N4O4S2. The highest BCUT2D eigenvalue weighted by molar-refractivity contribution is 8.00. The highest BCUT2D eigenvalue weighted by Crippen LogP contribution is 2.41. The molecule has 0 saturated carbocycles. The van der Waals surface area contributed by atoms with Gasteiger partial charge in [0, 0.05) is 10.6 Å². The van der Waals surface area contributed by atoms with E-state index in [-0.39, 0.29) is 18.0 Å². The van der Waals surface area contributed by atoms with E-state index in [9.17, 15) is 19.9 Å². The van der Waals surface area contributed by atoms with Gasteiger partial charge in [-0.05, 0) is 22.6 Å². The number of carbonyl (C=O) groups is 3. The molecule has 1 fully saturated rings. The van der Waals surface area contributed by atoms with Crippen LogP contribution in [-0.2, 0) is 25.5 Å². The largest absolute Gasteiger partial charge is 0.448 e.